The molecule has 2 amide bonds. The Kier molecular flexibility index (Phi) is 5.73. The number of nitrogens with one attached hydrogen (secondary N) is 1. The topological polar surface area (TPSA) is 115 Å². The van der Waals surface area contributed by atoms with Gasteiger partial charge in [-0.2, -0.15) is 0 Å². The molecule has 0 saturated heterocycles. The number of halogens is 1. The number of carbonyl (C=O) groups is 2. The Labute approximate surface area is 169 Å². The van der Waals surface area contributed by atoms with E-state index in [2.05, 4.69) is 27.9 Å². The first-order valence-corrected chi connectivity index (χ1v) is 9.64. The average molecular weight is 479 g/mol. The van der Waals surface area contributed by atoms with Gasteiger partial charge in [-0.3, -0.25) is 19.7 Å². The lowest BCUT2D eigenvalue weighted by Crippen LogP contribution is -2.19. The molecule has 1 saturated carbocycles. The van der Waals surface area contributed by atoms with Crippen molar-refractivity contribution in [1.82, 2.24) is 0 Å². The number of primary amides is 1. The standard InChI is InChI=1S/C19H18IN3O4/c20-17-14(11-5-1-2-6-11)9-12(23(26)27)10-15(17)19(25)22-16-8-4-3-7-13(16)18(21)24/h3-4,7-11H,1-2,5-6H2,(H2,21,24)(H,22,25). The lowest BCUT2D eigenvalue weighted by Gasteiger charge is -2.16. The van der Waals surface area contributed by atoms with Crippen LogP contribution in [0, 0.1) is 13.7 Å². The van der Waals surface area contributed by atoms with Gasteiger partial charge in [0, 0.05) is 15.7 Å². The maximum absolute atomic E-state index is 12.9. The van der Waals surface area contributed by atoms with E-state index >= 15 is 0 Å². The van der Waals surface area contributed by atoms with Crippen molar-refractivity contribution < 1.29 is 14.5 Å². The number of nitro groups is 1. The Morgan fingerprint density at radius 2 is 1.81 bits per heavy atom. The van der Waals surface area contributed by atoms with Gasteiger partial charge in [0.2, 0.25) is 0 Å². The Morgan fingerprint density at radius 1 is 1.15 bits per heavy atom. The van der Waals surface area contributed by atoms with Crippen LogP contribution in [0.2, 0.25) is 0 Å². The van der Waals surface area contributed by atoms with Crippen LogP contribution in [0.15, 0.2) is 36.4 Å². The van der Waals surface area contributed by atoms with Crippen molar-refractivity contribution >= 4 is 45.8 Å². The summed E-state index contributed by atoms with van der Waals surface area (Å²) >= 11 is 2.08. The number of rotatable bonds is 5. The highest BCUT2D eigenvalue weighted by Crippen LogP contribution is 2.39. The fourth-order valence-corrected chi connectivity index (χ4v) is 4.43. The molecular weight excluding hydrogens is 461 g/mol. The summed E-state index contributed by atoms with van der Waals surface area (Å²) in [6, 6.07) is 9.25. The molecule has 3 rings (SSSR count). The summed E-state index contributed by atoms with van der Waals surface area (Å²) in [6.45, 7) is 0. The maximum Gasteiger partial charge on any atom is 0.270 e. The van der Waals surface area contributed by atoms with Crippen LogP contribution in [0.25, 0.3) is 0 Å². The smallest absolute Gasteiger partial charge is 0.270 e. The van der Waals surface area contributed by atoms with E-state index in [-0.39, 0.29) is 28.4 Å². The number of nitrogens with two attached hydrogens (primary N) is 1. The third kappa shape index (κ3) is 4.10. The Balaban J connectivity index is 2.01. The highest BCUT2D eigenvalue weighted by molar-refractivity contribution is 14.1. The molecule has 0 aliphatic heterocycles. The highest BCUT2D eigenvalue weighted by Gasteiger charge is 2.26. The minimum Gasteiger partial charge on any atom is -0.366 e. The fourth-order valence-electron chi connectivity index (χ4n) is 3.43. The van der Waals surface area contributed by atoms with Crippen LogP contribution in [-0.4, -0.2) is 16.7 Å². The molecule has 0 atom stereocenters. The molecule has 1 aliphatic carbocycles. The molecule has 0 aromatic heterocycles. The summed E-state index contributed by atoms with van der Waals surface area (Å²) in [5.41, 5.74) is 6.77. The van der Waals surface area contributed by atoms with Crippen LogP contribution in [0.5, 0.6) is 0 Å². The van der Waals surface area contributed by atoms with Crippen LogP contribution in [0.4, 0.5) is 11.4 Å². The van der Waals surface area contributed by atoms with Gasteiger partial charge in [-0.15, -0.1) is 0 Å². The number of hydrogen-bond donors (Lipinski definition) is 2. The van der Waals surface area contributed by atoms with Crippen molar-refractivity contribution in [3.63, 3.8) is 0 Å². The van der Waals surface area contributed by atoms with E-state index in [1.807, 2.05) is 0 Å². The third-order valence-electron chi connectivity index (χ3n) is 4.78. The van der Waals surface area contributed by atoms with Gasteiger partial charge in [0.05, 0.1) is 21.7 Å². The summed E-state index contributed by atoms with van der Waals surface area (Å²) in [7, 11) is 0. The van der Waals surface area contributed by atoms with E-state index < -0.39 is 16.7 Å². The van der Waals surface area contributed by atoms with Gasteiger partial charge < -0.3 is 11.1 Å². The second-order valence-electron chi connectivity index (χ2n) is 6.50. The summed E-state index contributed by atoms with van der Waals surface area (Å²) in [4.78, 5) is 35.3. The molecule has 8 heteroatoms. The summed E-state index contributed by atoms with van der Waals surface area (Å²) in [6.07, 6.45) is 4.08. The molecule has 27 heavy (non-hydrogen) atoms. The lowest BCUT2D eigenvalue weighted by atomic mass is 9.95. The SMILES string of the molecule is NC(=O)c1ccccc1NC(=O)c1cc([N+](=O)[O-])cc(C2CCCC2)c1I. The molecule has 0 bridgehead atoms. The van der Waals surface area contributed by atoms with Crippen molar-refractivity contribution in [2.24, 2.45) is 5.73 Å². The lowest BCUT2D eigenvalue weighted by molar-refractivity contribution is -0.385. The van der Waals surface area contributed by atoms with Gasteiger partial charge in [0.25, 0.3) is 17.5 Å². The predicted octanol–water partition coefficient (Wildman–Crippen LogP) is 4.21. The van der Waals surface area contributed by atoms with E-state index in [4.69, 9.17) is 5.73 Å². The predicted molar refractivity (Wildman–Crippen MR) is 110 cm³/mol. The summed E-state index contributed by atoms with van der Waals surface area (Å²) in [5.74, 6) is -0.941. The second-order valence-corrected chi connectivity index (χ2v) is 7.58. The van der Waals surface area contributed by atoms with Crippen molar-refractivity contribution in [2.45, 2.75) is 31.6 Å². The summed E-state index contributed by atoms with van der Waals surface area (Å²) < 4.78 is 0.708. The van der Waals surface area contributed by atoms with Gasteiger partial charge in [-0.25, -0.2) is 0 Å². The van der Waals surface area contributed by atoms with Crippen LogP contribution >= 0.6 is 22.6 Å². The minimum atomic E-state index is -0.661. The van der Waals surface area contributed by atoms with E-state index in [0.717, 1.165) is 31.2 Å². The molecule has 3 N–H and O–H groups in total. The maximum atomic E-state index is 12.9. The number of anilines is 1. The monoisotopic (exact) mass is 479 g/mol. The van der Waals surface area contributed by atoms with Crippen molar-refractivity contribution in [1.29, 1.82) is 0 Å². The first kappa shape index (κ1) is 19.3. The molecule has 2 aromatic rings. The third-order valence-corrected chi connectivity index (χ3v) is 5.98. The first-order valence-electron chi connectivity index (χ1n) is 8.56. The number of hydrogen-bond acceptors (Lipinski definition) is 4. The molecule has 7 nitrogen and oxygen atoms in total. The number of carbonyl (C=O) groups excluding carboxylic acids is 2. The largest absolute Gasteiger partial charge is 0.366 e. The number of non-ortho nitro benzene ring substituents is 1. The molecule has 140 valence electrons. The molecule has 0 spiro atoms. The van der Waals surface area contributed by atoms with Crippen molar-refractivity contribution in [3.05, 3.63) is 66.8 Å². The van der Waals surface area contributed by atoms with E-state index in [0.29, 0.717) is 3.57 Å². The zero-order chi connectivity index (χ0) is 19.6. The molecule has 2 aromatic carbocycles. The van der Waals surface area contributed by atoms with E-state index in [1.54, 1.807) is 24.3 Å². The van der Waals surface area contributed by atoms with E-state index in [9.17, 15) is 19.7 Å². The Bertz CT molecular complexity index is 923. The number of para-hydroxylation sites is 1. The van der Waals surface area contributed by atoms with Crippen LogP contribution < -0.4 is 11.1 Å². The second kappa shape index (κ2) is 8.03. The van der Waals surface area contributed by atoms with Crippen LogP contribution in [0.3, 0.4) is 0 Å². The van der Waals surface area contributed by atoms with Gasteiger partial charge in [0.1, 0.15) is 0 Å². The molecule has 0 heterocycles. The molecule has 1 fully saturated rings. The van der Waals surface area contributed by atoms with Crippen molar-refractivity contribution in [2.75, 3.05) is 5.32 Å². The first-order chi connectivity index (χ1) is 12.9. The quantitative estimate of drug-likeness (QED) is 0.380. The van der Waals surface area contributed by atoms with Gasteiger partial charge in [-0.1, -0.05) is 25.0 Å². The van der Waals surface area contributed by atoms with Crippen molar-refractivity contribution in [3.8, 4) is 0 Å². The summed E-state index contributed by atoms with van der Waals surface area (Å²) in [5, 5.41) is 14.0. The normalized spacial score (nSPS) is 14.1. The van der Waals surface area contributed by atoms with Gasteiger partial charge in [0.15, 0.2) is 0 Å². The molecule has 0 unspecified atom stereocenters. The zero-order valence-corrected chi connectivity index (χ0v) is 16.6. The van der Waals surface area contributed by atoms with Gasteiger partial charge in [-0.05, 0) is 59.0 Å². The van der Waals surface area contributed by atoms with Crippen LogP contribution in [0.1, 0.15) is 57.9 Å². The Morgan fingerprint density at radius 3 is 2.44 bits per heavy atom. The van der Waals surface area contributed by atoms with Crippen LogP contribution in [-0.2, 0) is 0 Å². The highest BCUT2D eigenvalue weighted by atomic mass is 127. The minimum absolute atomic E-state index is 0.106. The molecular formula is C19H18IN3O4. The average Bonchev–Trinajstić information content (AvgIpc) is 3.16. The molecule has 0 radical (unpaired) electrons. The van der Waals surface area contributed by atoms with E-state index in [1.165, 1.54) is 12.1 Å². The van der Waals surface area contributed by atoms with Gasteiger partial charge >= 0.3 is 0 Å². The fraction of sp³-hybridized carbons (Fsp3) is 0.263. The Hall–Kier alpha value is -2.49. The number of nitro benzene ring substituents is 1. The zero-order valence-electron chi connectivity index (χ0n) is 14.4. The number of benzene rings is 2. The number of amides is 2. The number of nitrogens with zero attached hydrogens (tertiary/aromatic N) is 1. The molecule has 1 aliphatic rings.